The predicted octanol–water partition coefficient (Wildman–Crippen LogP) is 4.59. The molecule has 1 N–H and O–H groups in total. The fourth-order valence-corrected chi connectivity index (χ4v) is 4.21. The molecule has 2 atom stereocenters. The normalized spacial score (nSPS) is 18.1. The molecule has 0 spiro atoms. The third kappa shape index (κ3) is 4.05. The van der Waals surface area contributed by atoms with E-state index in [2.05, 4.69) is 15.3 Å². The number of hydrogen-bond acceptors (Lipinski definition) is 5. The number of aromatic nitrogens is 2. The summed E-state index contributed by atoms with van der Waals surface area (Å²) < 4.78 is 45.4. The lowest BCUT2D eigenvalue weighted by Crippen LogP contribution is -2.25. The average Bonchev–Trinajstić information content (AvgIpc) is 3.26. The van der Waals surface area contributed by atoms with Gasteiger partial charge in [0.25, 0.3) is 0 Å². The number of halogens is 3. The number of thiazole rings is 1. The molecule has 1 aliphatic rings. The van der Waals surface area contributed by atoms with Gasteiger partial charge in [-0.15, -0.1) is 11.3 Å². The van der Waals surface area contributed by atoms with E-state index in [4.69, 9.17) is 4.74 Å². The SMILES string of the molecule is Cc1nc2cc(-c3ccc(C(F)(F)F)nc3)cc(OC(C)C3CNC(=O)C3)c2s1. The largest absolute Gasteiger partial charge is 0.489 e. The molecule has 0 radical (unpaired) electrons. The Morgan fingerprint density at radius 1 is 1.28 bits per heavy atom. The fourth-order valence-electron chi connectivity index (χ4n) is 3.36. The molecule has 3 heterocycles. The van der Waals surface area contributed by atoms with Crippen molar-refractivity contribution in [2.45, 2.75) is 32.5 Å². The van der Waals surface area contributed by atoms with Gasteiger partial charge in [-0.1, -0.05) is 6.07 Å². The fraction of sp³-hybridized carbons (Fsp3) is 0.350. The first-order chi connectivity index (χ1) is 13.7. The van der Waals surface area contributed by atoms with Gasteiger partial charge in [-0.05, 0) is 37.6 Å². The Kier molecular flexibility index (Phi) is 4.94. The summed E-state index contributed by atoms with van der Waals surface area (Å²) in [6, 6.07) is 5.97. The maximum atomic E-state index is 12.8. The second-order valence-corrected chi connectivity index (χ2v) is 8.28. The Bertz CT molecular complexity index is 1060. The van der Waals surface area contributed by atoms with Crippen LogP contribution in [0.3, 0.4) is 0 Å². The molecular formula is C20H18F3N3O2S. The van der Waals surface area contributed by atoms with Gasteiger partial charge in [0.1, 0.15) is 17.5 Å². The molecule has 3 aromatic rings. The number of amides is 1. The van der Waals surface area contributed by atoms with Crippen LogP contribution in [-0.4, -0.2) is 28.5 Å². The predicted molar refractivity (Wildman–Crippen MR) is 104 cm³/mol. The maximum Gasteiger partial charge on any atom is 0.433 e. The zero-order valence-corrected chi connectivity index (χ0v) is 16.5. The van der Waals surface area contributed by atoms with Crippen LogP contribution in [0.15, 0.2) is 30.5 Å². The van der Waals surface area contributed by atoms with Crippen LogP contribution in [0.1, 0.15) is 24.0 Å². The summed E-state index contributed by atoms with van der Waals surface area (Å²) in [5.41, 5.74) is 0.996. The number of nitrogens with zero attached hydrogens (tertiary/aromatic N) is 2. The lowest BCUT2D eigenvalue weighted by atomic mass is 10.0. The number of carbonyl (C=O) groups excluding carboxylic acids is 1. The van der Waals surface area contributed by atoms with Crippen LogP contribution in [0.25, 0.3) is 21.3 Å². The second kappa shape index (κ2) is 7.29. The minimum atomic E-state index is -4.48. The van der Waals surface area contributed by atoms with Gasteiger partial charge in [0, 0.05) is 30.6 Å². The van der Waals surface area contributed by atoms with E-state index in [0.717, 1.165) is 15.8 Å². The average molecular weight is 421 g/mol. The summed E-state index contributed by atoms with van der Waals surface area (Å²) in [5, 5.41) is 3.66. The van der Waals surface area contributed by atoms with Gasteiger partial charge in [-0.3, -0.25) is 9.78 Å². The molecule has 9 heteroatoms. The van der Waals surface area contributed by atoms with Crippen molar-refractivity contribution in [2.24, 2.45) is 5.92 Å². The van der Waals surface area contributed by atoms with Gasteiger partial charge in [-0.25, -0.2) is 4.98 Å². The maximum absolute atomic E-state index is 12.8. The Morgan fingerprint density at radius 2 is 2.07 bits per heavy atom. The second-order valence-electron chi connectivity index (χ2n) is 7.08. The summed E-state index contributed by atoms with van der Waals surface area (Å²) in [4.78, 5) is 19.6. The molecule has 2 unspecified atom stereocenters. The first-order valence-electron chi connectivity index (χ1n) is 9.09. The number of rotatable bonds is 4. The summed E-state index contributed by atoms with van der Waals surface area (Å²) in [6.07, 6.45) is -3.07. The van der Waals surface area contributed by atoms with Gasteiger partial charge < -0.3 is 10.1 Å². The summed E-state index contributed by atoms with van der Waals surface area (Å²) in [6.45, 7) is 4.36. The number of alkyl halides is 3. The van der Waals surface area contributed by atoms with Crippen LogP contribution in [-0.2, 0) is 11.0 Å². The van der Waals surface area contributed by atoms with Crippen molar-refractivity contribution in [3.05, 3.63) is 41.2 Å². The number of pyridine rings is 1. The van der Waals surface area contributed by atoms with Crippen molar-refractivity contribution < 1.29 is 22.7 Å². The molecule has 0 bridgehead atoms. The van der Waals surface area contributed by atoms with Crippen molar-refractivity contribution in [2.75, 3.05) is 6.54 Å². The molecule has 1 aliphatic heterocycles. The summed E-state index contributed by atoms with van der Waals surface area (Å²) in [5.74, 6) is 0.673. The van der Waals surface area contributed by atoms with Crippen LogP contribution in [0.5, 0.6) is 5.75 Å². The highest BCUT2D eigenvalue weighted by molar-refractivity contribution is 7.18. The number of ether oxygens (including phenoxy) is 1. The van der Waals surface area contributed by atoms with Crippen LogP contribution >= 0.6 is 11.3 Å². The third-order valence-corrected chi connectivity index (χ3v) is 5.94. The lowest BCUT2D eigenvalue weighted by molar-refractivity contribution is -0.141. The van der Waals surface area contributed by atoms with Gasteiger partial charge in [-0.2, -0.15) is 13.2 Å². The summed E-state index contributed by atoms with van der Waals surface area (Å²) in [7, 11) is 0. The Balaban J connectivity index is 1.70. The zero-order chi connectivity index (χ0) is 20.8. The number of nitrogens with one attached hydrogen (secondary N) is 1. The standard InChI is InChI=1S/C20H18F3N3O2S/c1-10(14-7-18(27)25-9-14)28-16-6-13(5-15-19(16)29-11(2)26-15)12-3-4-17(24-8-12)20(21,22)23/h3-6,8,10,14H,7,9H2,1-2H3,(H,25,27). The quantitative estimate of drug-likeness (QED) is 0.669. The number of aryl methyl sites for hydroxylation is 1. The van der Waals surface area contributed by atoms with Crippen LogP contribution in [0.4, 0.5) is 13.2 Å². The summed E-state index contributed by atoms with van der Waals surface area (Å²) >= 11 is 1.49. The van der Waals surface area contributed by atoms with Gasteiger partial charge >= 0.3 is 6.18 Å². The van der Waals surface area contributed by atoms with Gasteiger partial charge in [0.05, 0.1) is 15.2 Å². The Morgan fingerprint density at radius 3 is 2.69 bits per heavy atom. The molecule has 152 valence electrons. The smallest absolute Gasteiger partial charge is 0.433 e. The first kappa shape index (κ1) is 19.6. The Hall–Kier alpha value is -2.68. The monoisotopic (exact) mass is 421 g/mol. The number of fused-ring (bicyclic) bond motifs is 1. The van der Waals surface area contributed by atoms with E-state index >= 15 is 0 Å². The minimum absolute atomic E-state index is 0.00816. The number of hydrogen-bond donors (Lipinski definition) is 1. The van der Waals surface area contributed by atoms with Gasteiger partial charge in [0.15, 0.2) is 0 Å². The van der Waals surface area contributed by atoms with E-state index in [0.29, 0.717) is 35.4 Å². The molecule has 1 saturated heterocycles. The molecule has 2 aromatic heterocycles. The Labute approximate surface area is 168 Å². The van der Waals surface area contributed by atoms with E-state index in [1.54, 1.807) is 6.07 Å². The van der Waals surface area contributed by atoms with Crippen molar-refractivity contribution in [3.8, 4) is 16.9 Å². The molecule has 29 heavy (non-hydrogen) atoms. The molecule has 5 nitrogen and oxygen atoms in total. The molecule has 4 rings (SSSR count). The van der Waals surface area contributed by atoms with Crippen LogP contribution in [0.2, 0.25) is 0 Å². The third-order valence-electron chi connectivity index (χ3n) is 4.94. The van der Waals surface area contributed by atoms with Crippen molar-refractivity contribution >= 4 is 27.5 Å². The highest BCUT2D eigenvalue weighted by Gasteiger charge is 2.32. The van der Waals surface area contributed by atoms with Crippen LogP contribution in [0, 0.1) is 12.8 Å². The molecule has 0 aliphatic carbocycles. The molecule has 1 amide bonds. The van der Waals surface area contributed by atoms with Gasteiger partial charge in [0.2, 0.25) is 5.91 Å². The van der Waals surface area contributed by atoms with Crippen molar-refractivity contribution in [1.29, 1.82) is 0 Å². The van der Waals surface area contributed by atoms with E-state index in [9.17, 15) is 18.0 Å². The van der Waals surface area contributed by atoms with E-state index in [1.165, 1.54) is 23.6 Å². The van der Waals surface area contributed by atoms with Crippen molar-refractivity contribution in [3.63, 3.8) is 0 Å². The first-order valence-corrected chi connectivity index (χ1v) is 9.90. The molecule has 1 aromatic carbocycles. The van der Waals surface area contributed by atoms with E-state index in [1.807, 2.05) is 19.9 Å². The highest BCUT2D eigenvalue weighted by atomic mass is 32.1. The highest BCUT2D eigenvalue weighted by Crippen LogP contribution is 2.38. The van der Waals surface area contributed by atoms with E-state index in [-0.39, 0.29) is 17.9 Å². The van der Waals surface area contributed by atoms with E-state index < -0.39 is 11.9 Å². The lowest BCUT2D eigenvalue weighted by Gasteiger charge is -2.20. The molecular weight excluding hydrogens is 403 g/mol. The number of benzene rings is 1. The zero-order valence-electron chi connectivity index (χ0n) is 15.7. The minimum Gasteiger partial charge on any atom is -0.489 e. The van der Waals surface area contributed by atoms with Crippen LogP contribution < -0.4 is 10.1 Å². The number of carbonyl (C=O) groups is 1. The molecule has 0 saturated carbocycles. The topological polar surface area (TPSA) is 64.1 Å². The molecule has 1 fully saturated rings. The van der Waals surface area contributed by atoms with Crippen molar-refractivity contribution in [1.82, 2.24) is 15.3 Å².